The van der Waals surface area contributed by atoms with Crippen molar-refractivity contribution in [1.82, 2.24) is 15.8 Å². The molecule has 2 heterocycles. The number of hydrazine groups is 1. The van der Waals surface area contributed by atoms with Crippen molar-refractivity contribution in [3.63, 3.8) is 0 Å². The molecule has 0 saturated carbocycles. The van der Waals surface area contributed by atoms with Gasteiger partial charge in [-0.3, -0.25) is 15.2 Å². The summed E-state index contributed by atoms with van der Waals surface area (Å²) in [5.41, 5.74) is 6.10. The van der Waals surface area contributed by atoms with E-state index in [1.807, 2.05) is 31.2 Å². The molecule has 0 unspecified atom stereocenters. The number of amides is 1. The van der Waals surface area contributed by atoms with Gasteiger partial charge in [0.05, 0.1) is 11.6 Å². The number of hydrogen-bond acceptors (Lipinski definition) is 5. The molecule has 2 N–H and O–H groups in total. The molecule has 6 nitrogen and oxygen atoms in total. The Kier molecular flexibility index (Phi) is 4.20. The molecule has 2 aromatic rings. The van der Waals surface area contributed by atoms with Gasteiger partial charge in [-0.15, -0.1) is 0 Å². The third kappa shape index (κ3) is 3.17. The second-order valence-electron chi connectivity index (χ2n) is 5.04. The fourth-order valence-corrected chi connectivity index (χ4v) is 2.12. The average Bonchev–Trinajstić information content (AvgIpc) is 2.59. The predicted molar refractivity (Wildman–Crippen MR) is 80.7 cm³/mol. The molecule has 0 fully saturated rings. The Morgan fingerprint density at radius 2 is 2.09 bits per heavy atom. The van der Waals surface area contributed by atoms with Crippen LogP contribution < -0.4 is 20.3 Å². The molecule has 2 atom stereocenters. The second kappa shape index (κ2) is 6.44. The maximum Gasteiger partial charge on any atom is 0.266 e. The van der Waals surface area contributed by atoms with E-state index in [2.05, 4.69) is 15.8 Å². The summed E-state index contributed by atoms with van der Waals surface area (Å²) in [6, 6.07) is 10.8. The minimum absolute atomic E-state index is 0.117. The van der Waals surface area contributed by atoms with Gasteiger partial charge in [0.2, 0.25) is 0 Å². The van der Waals surface area contributed by atoms with Gasteiger partial charge in [0.15, 0.2) is 11.5 Å². The fraction of sp³-hybridized carbons (Fsp3) is 0.250. The summed E-state index contributed by atoms with van der Waals surface area (Å²) >= 11 is 0. The summed E-state index contributed by atoms with van der Waals surface area (Å²) in [6.07, 6.45) is 2.94. The van der Waals surface area contributed by atoms with Crippen molar-refractivity contribution < 1.29 is 14.3 Å². The first kappa shape index (κ1) is 14.3. The SMILES string of the molecule is C[C@H](NNC(=O)c1cccnc1)[C@H]1COc2ccccc2O1. The molecule has 0 saturated heterocycles. The van der Waals surface area contributed by atoms with Gasteiger partial charge in [-0.1, -0.05) is 12.1 Å². The zero-order valence-corrected chi connectivity index (χ0v) is 12.2. The van der Waals surface area contributed by atoms with Gasteiger partial charge in [0.25, 0.3) is 5.91 Å². The number of benzene rings is 1. The molecule has 1 aliphatic heterocycles. The van der Waals surface area contributed by atoms with Crippen LogP contribution in [-0.4, -0.2) is 29.6 Å². The van der Waals surface area contributed by atoms with Gasteiger partial charge in [-0.05, 0) is 31.2 Å². The summed E-state index contributed by atoms with van der Waals surface area (Å²) in [6.45, 7) is 2.35. The van der Waals surface area contributed by atoms with E-state index in [1.54, 1.807) is 18.3 Å². The third-order valence-electron chi connectivity index (χ3n) is 3.43. The first-order valence-corrected chi connectivity index (χ1v) is 7.08. The molecule has 1 aromatic heterocycles. The summed E-state index contributed by atoms with van der Waals surface area (Å²) in [5, 5.41) is 0. The van der Waals surface area contributed by atoms with Crippen LogP contribution in [0.2, 0.25) is 0 Å². The molecule has 0 radical (unpaired) electrons. The predicted octanol–water partition coefficient (Wildman–Crippen LogP) is 1.54. The van der Waals surface area contributed by atoms with Crippen molar-refractivity contribution in [2.75, 3.05) is 6.61 Å². The molecule has 0 aliphatic carbocycles. The van der Waals surface area contributed by atoms with E-state index < -0.39 is 0 Å². The van der Waals surface area contributed by atoms with Crippen LogP contribution in [0.25, 0.3) is 0 Å². The molecule has 6 heteroatoms. The first-order valence-electron chi connectivity index (χ1n) is 7.08. The number of ether oxygens (including phenoxy) is 2. The number of pyridine rings is 1. The van der Waals surface area contributed by atoms with E-state index in [0.717, 1.165) is 5.75 Å². The number of carbonyl (C=O) groups excluding carboxylic acids is 1. The van der Waals surface area contributed by atoms with Crippen LogP contribution in [0.3, 0.4) is 0 Å². The van der Waals surface area contributed by atoms with Crippen LogP contribution in [0.15, 0.2) is 48.8 Å². The van der Waals surface area contributed by atoms with Crippen LogP contribution >= 0.6 is 0 Å². The lowest BCUT2D eigenvalue weighted by atomic mass is 10.2. The number of fused-ring (bicyclic) bond motifs is 1. The Hall–Kier alpha value is -2.60. The number of nitrogens with zero attached hydrogens (tertiary/aromatic N) is 1. The van der Waals surface area contributed by atoms with Gasteiger partial charge >= 0.3 is 0 Å². The number of rotatable bonds is 4. The Morgan fingerprint density at radius 1 is 1.27 bits per heavy atom. The van der Waals surface area contributed by atoms with Crippen molar-refractivity contribution in [3.8, 4) is 11.5 Å². The lowest BCUT2D eigenvalue weighted by Gasteiger charge is -2.30. The standard InChI is InChI=1S/C16H17N3O3/c1-11(18-19-16(20)12-5-4-8-17-9-12)15-10-21-13-6-2-3-7-14(13)22-15/h2-9,11,15,18H,10H2,1H3,(H,19,20)/t11-,15+/m0/s1. The highest BCUT2D eigenvalue weighted by Gasteiger charge is 2.26. The molecule has 0 bridgehead atoms. The molecular weight excluding hydrogens is 282 g/mol. The fourth-order valence-electron chi connectivity index (χ4n) is 2.12. The summed E-state index contributed by atoms with van der Waals surface area (Å²) in [7, 11) is 0. The Bertz CT molecular complexity index is 648. The van der Waals surface area contributed by atoms with Crippen LogP contribution in [-0.2, 0) is 0 Å². The minimum Gasteiger partial charge on any atom is -0.486 e. The first-order chi connectivity index (χ1) is 10.7. The van der Waals surface area contributed by atoms with Crippen LogP contribution in [0.5, 0.6) is 11.5 Å². The van der Waals surface area contributed by atoms with Crippen molar-refractivity contribution in [1.29, 1.82) is 0 Å². The largest absolute Gasteiger partial charge is 0.486 e. The van der Waals surface area contributed by atoms with Gasteiger partial charge in [0, 0.05) is 12.4 Å². The van der Waals surface area contributed by atoms with Crippen LogP contribution in [0, 0.1) is 0 Å². The van der Waals surface area contributed by atoms with Gasteiger partial charge in [-0.2, -0.15) is 0 Å². The molecule has 1 aliphatic rings. The van der Waals surface area contributed by atoms with Crippen molar-refractivity contribution in [2.45, 2.75) is 19.1 Å². The van der Waals surface area contributed by atoms with Crippen molar-refractivity contribution in [3.05, 3.63) is 54.4 Å². The van der Waals surface area contributed by atoms with E-state index in [0.29, 0.717) is 17.9 Å². The highest BCUT2D eigenvalue weighted by molar-refractivity contribution is 5.93. The highest BCUT2D eigenvalue weighted by Crippen LogP contribution is 2.31. The topological polar surface area (TPSA) is 72.5 Å². The second-order valence-corrected chi connectivity index (χ2v) is 5.04. The van der Waals surface area contributed by atoms with Gasteiger partial charge < -0.3 is 9.47 Å². The third-order valence-corrected chi connectivity index (χ3v) is 3.43. The quantitative estimate of drug-likeness (QED) is 0.838. The lowest BCUT2D eigenvalue weighted by molar-refractivity contribution is 0.0597. The number of para-hydroxylation sites is 2. The van der Waals surface area contributed by atoms with Crippen LogP contribution in [0.1, 0.15) is 17.3 Å². The summed E-state index contributed by atoms with van der Waals surface area (Å²) < 4.78 is 11.5. The lowest BCUT2D eigenvalue weighted by Crippen LogP contribution is -2.52. The molecule has 114 valence electrons. The number of nitrogens with one attached hydrogen (secondary N) is 2. The van der Waals surface area contributed by atoms with E-state index in [1.165, 1.54) is 6.20 Å². The monoisotopic (exact) mass is 299 g/mol. The normalized spacial score (nSPS) is 17.6. The molecule has 1 aromatic carbocycles. The van der Waals surface area contributed by atoms with E-state index in [9.17, 15) is 4.79 Å². The maximum absolute atomic E-state index is 11.9. The van der Waals surface area contributed by atoms with E-state index >= 15 is 0 Å². The van der Waals surface area contributed by atoms with E-state index in [4.69, 9.17) is 9.47 Å². The molecule has 3 rings (SSSR count). The Balaban J connectivity index is 1.55. The van der Waals surface area contributed by atoms with Crippen LogP contribution in [0.4, 0.5) is 0 Å². The van der Waals surface area contributed by atoms with E-state index in [-0.39, 0.29) is 18.1 Å². The zero-order chi connectivity index (χ0) is 15.4. The zero-order valence-electron chi connectivity index (χ0n) is 12.2. The maximum atomic E-state index is 11.9. The van der Waals surface area contributed by atoms with Gasteiger partial charge in [-0.25, -0.2) is 5.43 Å². The van der Waals surface area contributed by atoms with Crippen molar-refractivity contribution in [2.24, 2.45) is 0 Å². The Morgan fingerprint density at radius 3 is 2.86 bits per heavy atom. The van der Waals surface area contributed by atoms with Gasteiger partial charge in [0.1, 0.15) is 12.7 Å². The Labute approximate surface area is 128 Å². The molecular formula is C16H17N3O3. The average molecular weight is 299 g/mol. The highest BCUT2D eigenvalue weighted by atomic mass is 16.6. The molecule has 1 amide bonds. The number of aromatic nitrogens is 1. The number of hydrogen-bond donors (Lipinski definition) is 2. The smallest absolute Gasteiger partial charge is 0.266 e. The molecule has 0 spiro atoms. The van der Waals surface area contributed by atoms with Crippen molar-refractivity contribution >= 4 is 5.91 Å². The summed E-state index contributed by atoms with van der Waals surface area (Å²) in [4.78, 5) is 15.9. The summed E-state index contributed by atoms with van der Waals surface area (Å²) in [5.74, 6) is 1.22. The molecule has 22 heavy (non-hydrogen) atoms. The number of carbonyl (C=O) groups is 1. The minimum atomic E-state index is -0.239.